The Balaban J connectivity index is 1.30. The summed E-state index contributed by atoms with van der Waals surface area (Å²) >= 11 is 12.0. The third kappa shape index (κ3) is 5.27. The fourth-order valence-corrected chi connectivity index (χ4v) is 3.71. The third-order valence-corrected chi connectivity index (χ3v) is 5.75. The SMILES string of the molecule is Cc1ccc(-c2ccc(N3CCN(C(=O)COc4cc(Cl)ccc4Cl)CC3)nn2)cc1. The number of hydrogen-bond acceptors (Lipinski definition) is 5. The Morgan fingerprint density at radius 3 is 2.39 bits per heavy atom. The van der Waals surface area contributed by atoms with Crippen LogP contribution < -0.4 is 9.64 Å². The van der Waals surface area contributed by atoms with Crippen LogP contribution in [0.2, 0.25) is 10.0 Å². The minimum atomic E-state index is -0.0866. The van der Waals surface area contributed by atoms with Gasteiger partial charge in [-0.1, -0.05) is 53.0 Å². The van der Waals surface area contributed by atoms with Crippen molar-refractivity contribution in [1.82, 2.24) is 15.1 Å². The predicted molar refractivity (Wildman–Crippen MR) is 123 cm³/mol. The summed E-state index contributed by atoms with van der Waals surface area (Å²) in [4.78, 5) is 16.4. The molecule has 0 unspecified atom stereocenters. The first kappa shape index (κ1) is 21.4. The summed E-state index contributed by atoms with van der Waals surface area (Å²) in [6.45, 7) is 4.52. The number of aromatic nitrogens is 2. The molecule has 1 aliphatic heterocycles. The van der Waals surface area contributed by atoms with Crippen molar-refractivity contribution in [2.24, 2.45) is 0 Å². The van der Waals surface area contributed by atoms with Gasteiger partial charge in [-0.15, -0.1) is 10.2 Å². The van der Waals surface area contributed by atoms with Crippen molar-refractivity contribution in [3.63, 3.8) is 0 Å². The van der Waals surface area contributed by atoms with E-state index in [-0.39, 0.29) is 12.5 Å². The molecule has 0 spiro atoms. The number of carbonyl (C=O) groups excluding carboxylic acids is 1. The van der Waals surface area contributed by atoms with Gasteiger partial charge in [0, 0.05) is 42.8 Å². The number of carbonyl (C=O) groups is 1. The zero-order valence-corrected chi connectivity index (χ0v) is 18.6. The van der Waals surface area contributed by atoms with E-state index in [9.17, 15) is 4.79 Å². The lowest BCUT2D eigenvalue weighted by molar-refractivity contribution is -0.133. The number of halogens is 2. The van der Waals surface area contributed by atoms with Gasteiger partial charge in [-0.2, -0.15) is 0 Å². The quantitative estimate of drug-likeness (QED) is 0.565. The Bertz CT molecular complexity index is 1050. The molecule has 0 atom stereocenters. The average Bonchev–Trinajstić information content (AvgIpc) is 2.80. The summed E-state index contributed by atoms with van der Waals surface area (Å²) in [6.07, 6.45) is 0. The van der Waals surface area contributed by atoms with Gasteiger partial charge in [0.1, 0.15) is 5.75 Å². The largest absolute Gasteiger partial charge is 0.482 e. The van der Waals surface area contributed by atoms with Gasteiger partial charge < -0.3 is 14.5 Å². The summed E-state index contributed by atoms with van der Waals surface area (Å²) in [5, 5.41) is 9.69. The smallest absolute Gasteiger partial charge is 0.260 e. The van der Waals surface area contributed by atoms with Crippen molar-refractivity contribution in [2.75, 3.05) is 37.7 Å². The van der Waals surface area contributed by atoms with Crippen LogP contribution in [0.1, 0.15) is 5.56 Å². The fourth-order valence-electron chi connectivity index (χ4n) is 3.38. The van der Waals surface area contributed by atoms with Gasteiger partial charge in [0.15, 0.2) is 12.4 Å². The Labute approximate surface area is 191 Å². The first-order chi connectivity index (χ1) is 15.0. The minimum Gasteiger partial charge on any atom is -0.482 e. The summed E-state index contributed by atoms with van der Waals surface area (Å²) in [6, 6.07) is 17.1. The monoisotopic (exact) mass is 456 g/mol. The predicted octanol–water partition coefficient (Wildman–Crippen LogP) is 4.49. The molecule has 1 aliphatic rings. The van der Waals surface area contributed by atoms with E-state index >= 15 is 0 Å². The molecule has 8 heteroatoms. The zero-order chi connectivity index (χ0) is 21.8. The number of nitrogens with zero attached hydrogens (tertiary/aromatic N) is 4. The van der Waals surface area contributed by atoms with E-state index in [2.05, 4.69) is 34.2 Å². The van der Waals surface area contributed by atoms with Crippen LogP contribution in [0, 0.1) is 6.92 Å². The zero-order valence-electron chi connectivity index (χ0n) is 17.1. The summed E-state index contributed by atoms with van der Waals surface area (Å²) in [5.41, 5.74) is 3.09. The van der Waals surface area contributed by atoms with Crippen molar-refractivity contribution >= 4 is 34.9 Å². The number of anilines is 1. The second kappa shape index (κ2) is 9.54. The number of benzene rings is 2. The lowest BCUT2D eigenvalue weighted by atomic mass is 10.1. The van der Waals surface area contributed by atoms with Crippen molar-refractivity contribution in [1.29, 1.82) is 0 Å². The topological polar surface area (TPSA) is 58.6 Å². The van der Waals surface area contributed by atoms with Crippen molar-refractivity contribution < 1.29 is 9.53 Å². The van der Waals surface area contributed by atoms with E-state index in [0.29, 0.717) is 42.0 Å². The maximum absolute atomic E-state index is 12.5. The van der Waals surface area contributed by atoms with Crippen molar-refractivity contribution in [3.8, 4) is 17.0 Å². The van der Waals surface area contributed by atoms with Gasteiger partial charge in [0.25, 0.3) is 5.91 Å². The van der Waals surface area contributed by atoms with E-state index in [1.165, 1.54) is 5.56 Å². The summed E-state index contributed by atoms with van der Waals surface area (Å²) < 4.78 is 5.56. The molecule has 2 aromatic carbocycles. The molecule has 0 radical (unpaired) electrons. The summed E-state index contributed by atoms with van der Waals surface area (Å²) in [7, 11) is 0. The highest BCUT2D eigenvalue weighted by Crippen LogP contribution is 2.27. The lowest BCUT2D eigenvalue weighted by Crippen LogP contribution is -2.50. The number of hydrogen-bond donors (Lipinski definition) is 0. The van der Waals surface area contributed by atoms with Crippen molar-refractivity contribution in [3.05, 3.63) is 70.2 Å². The Kier molecular flexibility index (Phi) is 6.59. The van der Waals surface area contributed by atoms with Crippen LogP contribution in [0.5, 0.6) is 5.75 Å². The van der Waals surface area contributed by atoms with E-state index in [1.807, 2.05) is 24.3 Å². The highest BCUT2D eigenvalue weighted by molar-refractivity contribution is 6.34. The second-order valence-electron chi connectivity index (χ2n) is 7.37. The molecule has 31 heavy (non-hydrogen) atoms. The summed E-state index contributed by atoms with van der Waals surface area (Å²) in [5.74, 6) is 1.13. The molecule has 0 aliphatic carbocycles. The maximum Gasteiger partial charge on any atom is 0.260 e. The fraction of sp³-hybridized carbons (Fsp3) is 0.261. The van der Waals surface area contributed by atoms with Crippen LogP contribution in [-0.2, 0) is 4.79 Å². The van der Waals surface area contributed by atoms with E-state index < -0.39 is 0 Å². The molecule has 1 aromatic heterocycles. The van der Waals surface area contributed by atoms with Crippen LogP contribution in [0.15, 0.2) is 54.6 Å². The van der Waals surface area contributed by atoms with E-state index in [0.717, 1.165) is 17.1 Å². The second-order valence-corrected chi connectivity index (χ2v) is 8.22. The molecule has 1 saturated heterocycles. The Morgan fingerprint density at radius 2 is 1.71 bits per heavy atom. The number of ether oxygens (including phenoxy) is 1. The van der Waals surface area contributed by atoms with Crippen molar-refractivity contribution in [2.45, 2.75) is 6.92 Å². The number of piperazine rings is 1. The molecule has 0 N–H and O–H groups in total. The lowest BCUT2D eigenvalue weighted by Gasteiger charge is -2.35. The van der Waals surface area contributed by atoms with E-state index in [1.54, 1.807) is 23.1 Å². The van der Waals surface area contributed by atoms with Crippen LogP contribution in [-0.4, -0.2) is 53.8 Å². The molecule has 6 nitrogen and oxygen atoms in total. The van der Waals surface area contributed by atoms with Crippen LogP contribution >= 0.6 is 23.2 Å². The number of amides is 1. The van der Waals surface area contributed by atoms with Gasteiger partial charge in [0.2, 0.25) is 0 Å². The molecule has 1 fully saturated rings. The van der Waals surface area contributed by atoms with Gasteiger partial charge in [-0.3, -0.25) is 4.79 Å². The molecule has 3 aromatic rings. The number of aryl methyl sites for hydroxylation is 1. The van der Waals surface area contributed by atoms with Crippen LogP contribution in [0.3, 0.4) is 0 Å². The molecule has 160 valence electrons. The van der Waals surface area contributed by atoms with Gasteiger partial charge in [0.05, 0.1) is 10.7 Å². The number of rotatable bonds is 5. The molecule has 0 bridgehead atoms. The Morgan fingerprint density at radius 1 is 0.968 bits per heavy atom. The molecule has 1 amide bonds. The van der Waals surface area contributed by atoms with Gasteiger partial charge in [-0.25, -0.2) is 0 Å². The molecule has 0 saturated carbocycles. The van der Waals surface area contributed by atoms with Gasteiger partial charge in [-0.05, 0) is 31.2 Å². The maximum atomic E-state index is 12.5. The molecule has 4 rings (SSSR count). The average molecular weight is 457 g/mol. The molecule has 2 heterocycles. The standard InChI is InChI=1S/C23H22Cl2N4O2/c1-16-2-4-17(5-3-16)20-8-9-22(27-26-20)28-10-12-29(13-11-28)23(30)15-31-21-14-18(24)6-7-19(21)25/h2-9,14H,10-13,15H2,1H3. The van der Waals surface area contributed by atoms with Crippen LogP contribution in [0.4, 0.5) is 5.82 Å². The van der Waals surface area contributed by atoms with Crippen LogP contribution in [0.25, 0.3) is 11.3 Å². The molecular formula is C23H22Cl2N4O2. The highest BCUT2D eigenvalue weighted by Gasteiger charge is 2.22. The Hall–Kier alpha value is -2.83. The van der Waals surface area contributed by atoms with E-state index in [4.69, 9.17) is 27.9 Å². The molecular weight excluding hydrogens is 435 g/mol. The first-order valence-corrected chi connectivity index (χ1v) is 10.8. The first-order valence-electron chi connectivity index (χ1n) is 10.0. The third-order valence-electron chi connectivity index (χ3n) is 5.20. The minimum absolute atomic E-state index is 0.0783. The van der Waals surface area contributed by atoms with Gasteiger partial charge >= 0.3 is 0 Å². The highest BCUT2D eigenvalue weighted by atomic mass is 35.5. The normalized spacial score (nSPS) is 13.9.